The molecule has 2 heterocycles. The maximum Gasteiger partial charge on any atom is 0.285 e. The summed E-state index contributed by atoms with van der Waals surface area (Å²) in [6.45, 7) is 2.98. The van der Waals surface area contributed by atoms with Gasteiger partial charge in [0.2, 0.25) is 5.91 Å². The van der Waals surface area contributed by atoms with E-state index in [4.69, 9.17) is 10.5 Å². The number of anilines is 1. The molecule has 2 aromatic heterocycles. The van der Waals surface area contributed by atoms with E-state index in [0.717, 1.165) is 4.68 Å². The fraction of sp³-hybridized carbons (Fsp3) is 0.214. The number of rotatable bonds is 3. The molecule has 0 atom stereocenters. The Morgan fingerprint density at radius 1 is 1.41 bits per heavy atom. The summed E-state index contributed by atoms with van der Waals surface area (Å²) >= 11 is 1.22. The molecule has 0 fully saturated rings. The number of carbonyl (C=O) groups is 1. The standard InChI is InChI=1S/C14H11N5O2S/c1-8-9(2)18-19(14(21)11(8)6-16)7-12(20)17-13-10(5-15)3-4-22-13/h3-4H,7H2,1-2H3,(H,17,20). The zero-order chi connectivity index (χ0) is 16.3. The van der Waals surface area contributed by atoms with Crippen LogP contribution in [-0.4, -0.2) is 15.7 Å². The number of amides is 1. The third-order valence-electron chi connectivity index (χ3n) is 3.08. The Labute approximate surface area is 130 Å². The number of carbonyl (C=O) groups excluding carboxylic acids is 1. The molecule has 2 aromatic rings. The van der Waals surface area contributed by atoms with Crippen molar-refractivity contribution in [1.82, 2.24) is 9.78 Å². The molecule has 0 aliphatic heterocycles. The molecule has 110 valence electrons. The van der Waals surface area contributed by atoms with E-state index in [2.05, 4.69) is 10.4 Å². The highest BCUT2D eigenvalue weighted by Crippen LogP contribution is 2.21. The maximum atomic E-state index is 12.1. The lowest BCUT2D eigenvalue weighted by Gasteiger charge is -2.09. The molecule has 8 heteroatoms. The Hall–Kier alpha value is -2.97. The van der Waals surface area contributed by atoms with E-state index in [1.165, 1.54) is 11.3 Å². The molecular weight excluding hydrogens is 302 g/mol. The van der Waals surface area contributed by atoms with Crippen molar-refractivity contribution in [1.29, 1.82) is 10.5 Å². The third-order valence-corrected chi connectivity index (χ3v) is 3.91. The van der Waals surface area contributed by atoms with Gasteiger partial charge in [-0.3, -0.25) is 9.59 Å². The van der Waals surface area contributed by atoms with Crippen molar-refractivity contribution in [3.8, 4) is 12.1 Å². The second kappa shape index (κ2) is 6.20. The highest BCUT2D eigenvalue weighted by molar-refractivity contribution is 7.14. The van der Waals surface area contributed by atoms with Crippen LogP contribution in [0.4, 0.5) is 5.00 Å². The summed E-state index contributed by atoms with van der Waals surface area (Å²) in [5.41, 5.74) is 0.755. The molecular formula is C14H11N5O2S. The fourth-order valence-corrected chi connectivity index (χ4v) is 2.56. The normalized spacial score (nSPS) is 9.82. The van der Waals surface area contributed by atoms with Gasteiger partial charge in [0.05, 0.1) is 11.3 Å². The Balaban J connectivity index is 2.27. The van der Waals surface area contributed by atoms with Gasteiger partial charge in [0.1, 0.15) is 29.2 Å². The Kier molecular flexibility index (Phi) is 4.35. The van der Waals surface area contributed by atoms with Gasteiger partial charge in [0.15, 0.2) is 0 Å². The van der Waals surface area contributed by atoms with Crippen LogP contribution in [0.1, 0.15) is 22.4 Å². The van der Waals surface area contributed by atoms with Gasteiger partial charge in [0, 0.05) is 0 Å². The van der Waals surface area contributed by atoms with Gasteiger partial charge in [-0.05, 0) is 30.9 Å². The van der Waals surface area contributed by atoms with Gasteiger partial charge in [-0.2, -0.15) is 15.6 Å². The van der Waals surface area contributed by atoms with Crippen LogP contribution in [0.15, 0.2) is 16.2 Å². The maximum absolute atomic E-state index is 12.1. The summed E-state index contributed by atoms with van der Waals surface area (Å²) < 4.78 is 0.954. The van der Waals surface area contributed by atoms with Crippen molar-refractivity contribution >= 4 is 22.2 Å². The van der Waals surface area contributed by atoms with E-state index >= 15 is 0 Å². The fourth-order valence-electron chi connectivity index (χ4n) is 1.81. The van der Waals surface area contributed by atoms with E-state index in [1.807, 2.05) is 12.1 Å². The summed E-state index contributed by atoms with van der Waals surface area (Å²) in [6, 6.07) is 5.39. The van der Waals surface area contributed by atoms with Crippen molar-refractivity contribution in [3.05, 3.63) is 44.2 Å². The number of thiophene rings is 1. The number of hydrogen-bond donors (Lipinski definition) is 1. The zero-order valence-electron chi connectivity index (χ0n) is 11.9. The summed E-state index contributed by atoms with van der Waals surface area (Å²) in [7, 11) is 0. The van der Waals surface area contributed by atoms with Gasteiger partial charge in [-0.1, -0.05) is 0 Å². The first-order chi connectivity index (χ1) is 10.5. The smallest absolute Gasteiger partial charge is 0.285 e. The van der Waals surface area contributed by atoms with E-state index < -0.39 is 11.5 Å². The molecule has 0 spiro atoms. The lowest BCUT2D eigenvalue weighted by atomic mass is 10.1. The Bertz CT molecular complexity index is 882. The molecule has 0 saturated heterocycles. The number of hydrogen-bond acceptors (Lipinski definition) is 6. The quantitative estimate of drug-likeness (QED) is 0.918. The molecule has 0 saturated carbocycles. The van der Waals surface area contributed by atoms with Crippen molar-refractivity contribution in [2.75, 3.05) is 5.32 Å². The summed E-state index contributed by atoms with van der Waals surface area (Å²) in [6.07, 6.45) is 0. The molecule has 1 N–H and O–H groups in total. The molecule has 0 aromatic carbocycles. The van der Waals surface area contributed by atoms with Crippen molar-refractivity contribution in [2.45, 2.75) is 20.4 Å². The molecule has 0 bridgehead atoms. The van der Waals surface area contributed by atoms with E-state index in [-0.39, 0.29) is 12.1 Å². The highest BCUT2D eigenvalue weighted by atomic mass is 32.1. The second-order valence-electron chi connectivity index (χ2n) is 4.48. The van der Waals surface area contributed by atoms with Crippen LogP contribution in [-0.2, 0) is 11.3 Å². The van der Waals surface area contributed by atoms with Gasteiger partial charge in [0.25, 0.3) is 5.56 Å². The predicted molar refractivity (Wildman–Crippen MR) is 80.3 cm³/mol. The SMILES string of the molecule is Cc1nn(CC(=O)Nc2sccc2C#N)c(=O)c(C#N)c1C. The van der Waals surface area contributed by atoms with Crippen LogP contribution >= 0.6 is 11.3 Å². The molecule has 0 unspecified atom stereocenters. The second-order valence-corrected chi connectivity index (χ2v) is 5.40. The first kappa shape index (κ1) is 15.4. The first-order valence-corrected chi connectivity index (χ1v) is 7.11. The third kappa shape index (κ3) is 2.87. The van der Waals surface area contributed by atoms with E-state index in [0.29, 0.717) is 21.8 Å². The molecule has 0 radical (unpaired) electrons. The number of aryl methyl sites for hydroxylation is 1. The van der Waals surface area contributed by atoms with Crippen LogP contribution in [0.3, 0.4) is 0 Å². The van der Waals surface area contributed by atoms with Gasteiger partial charge in [-0.25, -0.2) is 4.68 Å². The van der Waals surface area contributed by atoms with Gasteiger partial charge < -0.3 is 5.32 Å². The lowest BCUT2D eigenvalue weighted by molar-refractivity contribution is -0.117. The molecule has 1 amide bonds. The van der Waals surface area contributed by atoms with Crippen LogP contribution < -0.4 is 10.9 Å². The summed E-state index contributed by atoms with van der Waals surface area (Å²) in [4.78, 5) is 24.1. The topological polar surface area (TPSA) is 112 Å². The van der Waals surface area contributed by atoms with Crippen LogP contribution in [0.25, 0.3) is 0 Å². The Morgan fingerprint density at radius 2 is 2.14 bits per heavy atom. The van der Waals surface area contributed by atoms with Crippen LogP contribution in [0.5, 0.6) is 0 Å². The van der Waals surface area contributed by atoms with Crippen LogP contribution in [0.2, 0.25) is 0 Å². The highest BCUT2D eigenvalue weighted by Gasteiger charge is 2.15. The van der Waals surface area contributed by atoms with Gasteiger partial charge >= 0.3 is 0 Å². The average molecular weight is 313 g/mol. The number of nitriles is 2. The number of aromatic nitrogens is 2. The van der Waals surface area contributed by atoms with E-state index in [1.54, 1.807) is 25.3 Å². The Morgan fingerprint density at radius 3 is 2.77 bits per heavy atom. The first-order valence-electron chi connectivity index (χ1n) is 6.23. The van der Waals surface area contributed by atoms with Crippen molar-refractivity contribution in [2.24, 2.45) is 0 Å². The monoisotopic (exact) mass is 313 g/mol. The molecule has 7 nitrogen and oxygen atoms in total. The number of nitrogens with one attached hydrogen (secondary N) is 1. The van der Waals surface area contributed by atoms with Crippen molar-refractivity contribution in [3.63, 3.8) is 0 Å². The average Bonchev–Trinajstić information content (AvgIpc) is 2.92. The summed E-state index contributed by atoms with van der Waals surface area (Å²) in [5.74, 6) is -0.485. The van der Waals surface area contributed by atoms with Crippen molar-refractivity contribution < 1.29 is 4.79 Å². The van der Waals surface area contributed by atoms with Crippen LogP contribution in [0, 0.1) is 36.5 Å². The number of nitrogens with zero attached hydrogens (tertiary/aromatic N) is 4. The van der Waals surface area contributed by atoms with E-state index in [9.17, 15) is 9.59 Å². The van der Waals surface area contributed by atoms with Gasteiger partial charge in [-0.15, -0.1) is 11.3 Å². The molecule has 22 heavy (non-hydrogen) atoms. The lowest BCUT2D eigenvalue weighted by Crippen LogP contribution is -2.32. The molecule has 2 rings (SSSR count). The minimum absolute atomic E-state index is 0.0193. The largest absolute Gasteiger partial charge is 0.315 e. The predicted octanol–water partition coefficient (Wildman–Crippen LogP) is 1.30. The minimum atomic E-state index is -0.604. The molecule has 0 aliphatic carbocycles. The summed E-state index contributed by atoms with van der Waals surface area (Å²) in [5, 5.41) is 26.6. The zero-order valence-corrected chi connectivity index (χ0v) is 12.7. The molecule has 0 aliphatic rings. The minimum Gasteiger partial charge on any atom is -0.315 e.